The van der Waals surface area contributed by atoms with Gasteiger partial charge in [0, 0.05) is 23.8 Å². The summed E-state index contributed by atoms with van der Waals surface area (Å²) in [4.78, 5) is 40.1. The Hall–Kier alpha value is -2.29. The number of ketones is 2. The van der Waals surface area contributed by atoms with Crippen molar-refractivity contribution >= 4 is 17.5 Å². The van der Waals surface area contributed by atoms with E-state index < -0.39 is 53.1 Å². The van der Waals surface area contributed by atoms with Crippen LogP contribution in [0, 0.1) is 23.7 Å². The Bertz CT molecular complexity index is 899. The predicted octanol–water partition coefficient (Wildman–Crippen LogP) is -0.461. The average molecular weight is 402 g/mol. The monoisotopic (exact) mass is 402 g/mol. The minimum absolute atomic E-state index is 0.0154. The summed E-state index contributed by atoms with van der Waals surface area (Å²) in [5, 5.41) is 32.8. The van der Waals surface area contributed by atoms with E-state index >= 15 is 0 Å². The lowest BCUT2D eigenvalue weighted by Gasteiger charge is -2.55. The quantitative estimate of drug-likeness (QED) is 0.524. The standard InChI is InChI=1S/C21H26N2O6/c1-23(2)17-13-7-11-12(6-10-9(18(11)26)4-3-5-15(10)24)19(27)21(13,29)14(20(22)28)8-16(17)25/h3-5,11-14,17-18,24,26,29H,6-8H2,1-2H3,(H2,22,28). The first-order valence-electron chi connectivity index (χ1n) is 9.83. The number of aliphatic hydroxyl groups is 2. The summed E-state index contributed by atoms with van der Waals surface area (Å²) in [5.41, 5.74) is 4.45. The number of Topliss-reactive ketones (excluding diaryl/α,β-unsaturated/α-hetero) is 2. The second-order valence-electron chi connectivity index (χ2n) is 8.83. The van der Waals surface area contributed by atoms with Crippen molar-refractivity contribution in [2.45, 2.75) is 37.0 Å². The fourth-order valence-corrected chi connectivity index (χ4v) is 5.91. The molecule has 2 fully saturated rings. The maximum Gasteiger partial charge on any atom is 0.224 e. The van der Waals surface area contributed by atoms with Gasteiger partial charge >= 0.3 is 0 Å². The number of carbonyl (C=O) groups is 3. The number of nitrogens with zero attached hydrogens (tertiary/aromatic N) is 1. The van der Waals surface area contributed by atoms with Gasteiger partial charge in [-0.2, -0.15) is 0 Å². The molecule has 1 amide bonds. The molecular weight excluding hydrogens is 376 g/mol. The van der Waals surface area contributed by atoms with E-state index in [2.05, 4.69) is 0 Å². The smallest absolute Gasteiger partial charge is 0.224 e. The van der Waals surface area contributed by atoms with E-state index in [1.807, 2.05) is 0 Å². The SMILES string of the molecule is CN(C)C1C(=O)CC(C(N)=O)C2(O)C(=O)C3Cc4c(O)cccc4C(O)C3CC12. The summed E-state index contributed by atoms with van der Waals surface area (Å²) in [6.45, 7) is 0. The molecule has 5 N–H and O–H groups in total. The molecule has 0 aliphatic heterocycles. The minimum atomic E-state index is -2.07. The van der Waals surface area contributed by atoms with Gasteiger partial charge in [-0.1, -0.05) is 12.1 Å². The molecule has 0 aromatic heterocycles. The first-order valence-corrected chi connectivity index (χ1v) is 9.83. The molecule has 3 aliphatic carbocycles. The van der Waals surface area contributed by atoms with Crippen LogP contribution in [-0.4, -0.2) is 63.4 Å². The van der Waals surface area contributed by atoms with Crippen LogP contribution < -0.4 is 5.73 Å². The van der Waals surface area contributed by atoms with Crippen LogP contribution in [0.1, 0.15) is 30.1 Å². The molecule has 0 heterocycles. The minimum Gasteiger partial charge on any atom is -0.508 e. The molecule has 3 aliphatic rings. The van der Waals surface area contributed by atoms with Crippen molar-refractivity contribution in [1.29, 1.82) is 0 Å². The lowest BCUT2D eigenvalue weighted by Crippen LogP contribution is -2.71. The highest BCUT2D eigenvalue weighted by Crippen LogP contribution is 2.55. The zero-order chi connectivity index (χ0) is 21.2. The van der Waals surface area contributed by atoms with Crippen molar-refractivity contribution in [3.63, 3.8) is 0 Å². The molecule has 8 heteroatoms. The van der Waals surface area contributed by atoms with Gasteiger partial charge in [-0.25, -0.2) is 0 Å². The number of likely N-dealkylation sites (N-methyl/N-ethyl adjacent to an activating group) is 1. The summed E-state index contributed by atoms with van der Waals surface area (Å²) >= 11 is 0. The number of rotatable bonds is 2. The van der Waals surface area contributed by atoms with Gasteiger partial charge in [0.05, 0.1) is 18.1 Å². The fourth-order valence-electron chi connectivity index (χ4n) is 5.91. The molecule has 0 radical (unpaired) electrons. The Kier molecular flexibility index (Phi) is 4.56. The number of primary amides is 1. The number of phenols is 1. The number of carbonyl (C=O) groups excluding carboxylic acids is 3. The molecule has 156 valence electrons. The van der Waals surface area contributed by atoms with Crippen LogP contribution in [0.4, 0.5) is 0 Å². The van der Waals surface area contributed by atoms with Gasteiger partial charge in [-0.15, -0.1) is 0 Å². The third kappa shape index (κ3) is 2.66. The van der Waals surface area contributed by atoms with E-state index in [4.69, 9.17) is 5.73 Å². The number of benzene rings is 1. The molecule has 0 saturated heterocycles. The van der Waals surface area contributed by atoms with Gasteiger partial charge in [-0.05, 0) is 44.5 Å². The van der Waals surface area contributed by atoms with E-state index in [0.29, 0.717) is 11.1 Å². The average Bonchev–Trinajstić information content (AvgIpc) is 2.64. The number of amides is 1. The maximum atomic E-state index is 13.6. The lowest BCUT2D eigenvalue weighted by molar-refractivity contribution is -0.191. The Morgan fingerprint density at radius 1 is 1.24 bits per heavy atom. The highest BCUT2D eigenvalue weighted by molar-refractivity contribution is 6.02. The van der Waals surface area contributed by atoms with Crippen molar-refractivity contribution in [3.05, 3.63) is 29.3 Å². The van der Waals surface area contributed by atoms with Gasteiger partial charge in [0.2, 0.25) is 5.91 Å². The molecule has 1 aromatic carbocycles. The number of hydrogen-bond acceptors (Lipinski definition) is 7. The second-order valence-corrected chi connectivity index (χ2v) is 8.83. The highest BCUT2D eigenvalue weighted by atomic mass is 16.3. The number of hydrogen-bond donors (Lipinski definition) is 4. The van der Waals surface area contributed by atoms with Crippen LogP contribution >= 0.6 is 0 Å². The zero-order valence-electron chi connectivity index (χ0n) is 16.4. The maximum absolute atomic E-state index is 13.6. The van der Waals surface area contributed by atoms with Crippen LogP contribution in [0.15, 0.2) is 18.2 Å². The van der Waals surface area contributed by atoms with Crippen molar-refractivity contribution in [2.75, 3.05) is 14.1 Å². The van der Waals surface area contributed by atoms with Crippen LogP contribution in [-0.2, 0) is 20.8 Å². The van der Waals surface area contributed by atoms with Crippen LogP contribution in [0.25, 0.3) is 0 Å². The van der Waals surface area contributed by atoms with Gasteiger partial charge < -0.3 is 21.1 Å². The van der Waals surface area contributed by atoms with Crippen molar-refractivity contribution in [3.8, 4) is 5.75 Å². The molecular formula is C21H26N2O6. The summed E-state index contributed by atoms with van der Waals surface area (Å²) in [6.07, 6.45) is -0.958. The van der Waals surface area contributed by atoms with Gasteiger partial charge in [-0.3, -0.25) is 19.3 Å². The van der Waals surface area contributed by atoms with E-state index in [9.17, 15) is 29.7 Å². The topological polar surface area (TPSA) is 141 Å². The van der Waals surface area contributed by atoms with Crippen LogP contribution in [0.5, 0.6) is 5.75 Å². The Morgan fingerprint density at radius 2 is 1.93 bits per heavy atom. The van der Waals surface area contributed by atoms with Crippen molar-refractivity contribution in [1.82, 2.24) is 4.90 Å². The highest BCUT2D eigenvalue weighted by Gasteiger charge is 2.66. The van der Waals surface area contributed by atoms with E-state index in [0.717, 1.165) is 0 Å². The second kappa shape index (κ2) is 6.62. The number of nitrogens with two attached hydrogens (primary N) is 1. The van der Waals surface area contributed by atoms with Crippen molar-refractivity contribution in [2.24, 2.45) is 29.4 Å². The van der Waals surface area contributed by atoms with Gasteiger partial charge in [0.1, 0.15) is 11.4 Å². The van der Waals surface area contributed by atoms with Crippen molar-refractivity contribution < 1.29 is 29.7 Å². The summed E-state index contributed by atoms with van der Waals surface area (Å²) in [5.74, 6) is -5.16. The number of fused-ring (bicyclic) bond motifs is 3. The van der Waals surface area contributed by atoms with Gasteiger partial charge in [0.25, 0.3) is 0 Å². The molecule has 0 bridgehead atoms. The summed E-state index contributed by atoms with van der Waals surface area (Å²) in [6, 6.07) is 4.08. The molecule has 8 nitrogen and oxygen atoms in total. The summed E-state index contributed by atoms with van der Waals surface area (Å²) in [7, 11) is 3.38. The number of aromatic hydroxyl groups is 1. The van der Waals surface area contributed by atoms with E-state index in [1.54, 1.807) is 31.1 Å². The van der Waals surface area contributed by atoms with Gasteiger partial charge in [0.15, 0.2) is 11.6 Å². The molecule has 29 heavy (non-hydrogen) atoms. The normalized spacial score (nSPS) is 38.9. The Balaban J connectivity index is 1.84. The first-order chi connectivity index (χ1) is 13.6. The molecule has 4 rings (SSSR count). The molecule has 7 unspecified atom stereocenters. The van der Waals surface area contributed by atoms with Crippen LogP contribution in [0.2, 0.25) is 0 Å². The molecule has 1 aromatic rings. The number of phenolic OH excluding ortho intramolecular Hbond substituents is 1. The largest absolute Gasteiger partial charge is 0.508 e. The summed E-state index contributed by atoms with van der Waals surface area (Å²) < 4.78 is 0. The van der Waals surface area contributed by atoms with Crippen LogP contribution in [0.3, 0.4) is 0 Å². The third-order valence-corrected chi connectivity index (χ3v) is 7.22. The molecule has 2 saturated carbocycles. The predicted molar refractivity (Wildman–Crippen MR) is 102 cm³/mol. The Labute approximate surface area is 168 Å². The third-order valence-electron chi connectivity index (χ3n) is 7.22. The van der Waals surface area contributed by atoms with E-state index in [1.165, 1.54) is 6.07 Å². The van der Waals surface area contributed by atoms with E-state index in [-0.39, 0.29) is 30.8 Å². The first kappa shape index (κ1) is 20.0. The fraction of sp³-hybridized carbons (Fsp3) is 0.571. The zero-order valence-corrected chi connectivity index (χ0v) is 16.4. The molecule has 7 atom stereocenters. The Morgan fingerprint density at radius 3 is 2.55 bits per heavy atom. The lowest BCUT2D eigenvalue weighted by atomic mass is 9.51. The molecule has 0 spiro atoms. The number of aliphatic hydroxyl groups excluding tert-OH is 1.